The van der Waals surface area contributed by atoms with Crippen molar-refractivity contribution in [2.45, 2.75) is 45.4 Å². The van der Waals surface area contributed by atoms with Crippen molar-refractivity contribution in [3.05, 3.63) is 0 Å². The van der Waals surface area contributed by atoms with Crippen LogP contribution in [0.25, 0.3) is 0 Å². The van der Waals surface area contributed by atoms with E-state index in [1.54, 1.807) is 11.4 Å². The minimum Gasteiger partial charge on any atom is -0.317 e. The number of hydrogen-bond donors (Lipinski definition) is 1. The van der Waals surface area contributed by atoms with Gasteiger partial charge in [0.05, 0.1) is 5.75 Å². The number of nitrogens with zero attached hydrogens (tertiary/aromatic N) is 1. The summed E-state index contributed by atoms with van der Waals surface area (Å²) in [4.78, 5) is 0. The fourth-order valence-corrected chi connectivity index (χ4v) is 5.12. The Bertz CT molecular complexity index is 397. The highest BCUT2D eigenvalue weighted by Crippen LogP contribution is 2.48. The average Bonchev–Trinajstić information content (AvgIpc) is 3.00. The Balaban J connectivity index is 1.71. The quantitative estimate of drug-likeness (QED) is 0.663. The lowest BCUT2D eigenvalue weighted by Crippen LogP contribution is -2.36. The Kier molecular flexibility index (Phi) is 5.87. The zero-order chi connectivity index (χ0) is 14.6. The molecule has 0 aromatic rings. The van der Waals surface area contributed by atoms with Crippen LogP contribution < -0.4 is 5.32 Å². The maximum Gasteiger partial charge on any atom is 0.213 e. The molecule has 2 aliphatic carbocycles. The van der Waals surface area contributed by atoms with Gasteiger partial charge < -0.3 is 5.32 Å². The monoisotopic (exact) mass is 302 g/mol. The summed E-state index contributed by atoms with van der Waals surface area (Å²) in [5.74, 6) is 2.58. The van der Waals surface area contributed by atoms with Crippen LogP contribution in [0.2, 0.25) is 0 Å². The van der Waals surface area contributed by atoms with Gasteiger partial charge in [0, 0.05) is 13.6 Å². The zero-order valence-electron chi connectivity index (χ0n) is 13.0. The lowest BCUT2D eigenvalue weighted by Gasteiger charge is -2.26. The van der Waals surface area contributed by atoms with Crippen molar-refractivity contribution in [2.75, 3.05) is 32.4 Å². The number of hydrogen-bond acceptors (Lipinski definition) is 3. The van der Waals surface area contributed by atoms with Crippen LogP contribution in [0, 0.1) is 17.8 Å². The second-order valence-electron chi connectivity index (χ2n) is 6.64. The molecule has 1 N–H and O–H groups in total. The molecule has 3 atom stereocenters. The number of sulfonamides is 1. The molecule has 2 saturated carbocycles. The Morgan fingerprint density at radius 1 is 1.20 bits per heavy atom. The SMILES string of the molecule is CCCNCCCS(=O)(=O)N(C)CC1CC2CCC1C2. The maximum absolute atomic E-state index is 12.3. The summed E-state index contributed by atoms with van der Waals surface area (Å²) in [6, 6.07) is 0. The molecule has 2 rings (SSSR count). The summed E-state index contributed by atoms with van der Waals surface area (Å²) in [5, 5.41) is 3.26. The molecule has 2 aliphatic rings. The molecule has 0 aromatic heterocycles. The molecule has 0 saturated heterocycles. The third-order valence-electron chi connectivity index (χ3n) is 5.03. The van der Waals surface area contributed by atoms with Gasteiger partial charge in [-0.2, -0.15) is 0 Å². The van der Waals surface area contributed by atoms with Crippen LogP contribution in [0.3, 0.4) is 0 Å². The van der Waals surface area contributed by atoms with Crippen LogP contribution in [-0.4, -0.2) is 45.2 Å². The molecule has 20 heavy (non-hydrogen) atoms. The minimum absolute atomic E-state index is 0.279. The topological polar surface area (TPSA) is 49.4 Å². The van der Waals surface area contributed by atoms with Gasteiger partial charge in [-0.25, -0.2) is 12.7 Å². The molecule has 4 nitrogen and oxygen atoms in total. The molecule has 0 aromatic carbocycles. The fourth-order valence-electron chi connectivity index (χ4n) is 3.88. The second kappa shape index (κ2) is 7.23. The molecule has 0 amide bonds. The first kappa shape index (κ1) is 16.2. The summed E-state index contributed by atoms with van der Waals surface area (Å²) < 4.78 is 26.1. The fraction of sp³-hybridized carbons (Fsp3) is 1.00. The predicted octanol–water partition coefficient (Wildman–Crippen LogP) is 2.07. The summed E-state index contributed by atoms with van der Waals surface area (Å²) in [6.07, 6.45) is 7.10. The predicted molar refractivity (Wildman–Crippen MR) is 83.1 cm³/mol. The molecular weight excluding hydrogens is 272 g/mol. The van der Waals surface area contributed by atoms with E-state index in [-0.39, 0.29) is 5.75 Å². The van der Waals surface area contributed by atoms with E-state index < -0.39 is 10.0 Å². The van der Waals surface area contributed by atoms with E-state index >= 15 is 0 Å². The molecule has 118 valence electrons. The van der Waals surface area contributed by atoms with Crippen LogP contribution >= 0.6 is 0 Å². The Labute approximate surface area is 124 Å². The molecule has 0 aliphatic heterocycles. The number of fused-ring (bicyclic) bond motifs is 2. The minimum atomic E-state index is -3.06. The number of rotatable bonds is 9. The van der Waals surface area contributed by atoms with Gasteiger partial charge in [0.25, 0.3) is 0 Å². The molecular formula is C15H30N2O2S. The lowest BCUT2D eigenvalue weighted by atomic mass is 9.89. The van der Waals surface area contributed by atoms with Crippen LogP contribution in [0.4, 0.5) is 0 Å². The molecule has 3 unspecified atom stereocenters. The first-order chi connectivity index (χ1) is 9.53. The molecule has 5 heteroatoms. The Morgan fingerprint density at radius 3 is 2.60 bits per heavy atom. The van der Waals surface area contributed by atoms with E-state index in [1.807, 2.05) is 0 Å². The largest absolute Gasteiger partial charge is 0.317 e. The second-order valence-corrected chi connectivity index (χ2v) is 8.83. The smallest absolute Gasteiger partial charge is 0.213 e. The van der Waals surface area contributed by atoms with Crippen LogP contribution in [0.15, 0.2) is 0 Å². The van der Waals surface area contributed by atoms with E-state index in [4.69, 9.17) is 0 Å². The summed E-state index contributed by atoms with van der Waals surface area (Å²) in [6.45, 7) is 4.63. The highest BCUT2D eigenvalue weighted by molar-refractivity contribution is 7.89. The van der Waals surface area contributed by atoms with Crippen molar-refractivity contribution in [2.24, 2.45) is 17.8 Å². The third kappa shape index (κ3) is 4.18. The lowest BCUT2D eigenvalue weighted by molar-refractivity contribution is 0.280. The molecule has 0 spiro atoms. The Morgan fingerprint density at radius 2 is 2.00 bits per heavy atom. The van der Waals surface area contributed by atoms with Crippen molar-refractivity contribution >= 4 is 10.0 Å². The first-order valence-corrected chi connectivity index (χ1v) is 9.78. The van der Waals surface area contributed by atoms with Gasteiger partial charge in [-0.3, -0.25) is 0 Å². The van der Waals surface area contributed by atoms with Crippen LogP contribution in [0.1, 0.15) is 45.4 Å². The molecule has 2 fully saturated rings. The van der Waals surface area contributed by atoms with Gasteiger partial charge >= 0.3 is 0 Å². The first-order valence-electron chi connectivity index (χ1n) is 8.17. The van der Waals surface area contributed by atoms with Crippen molar-refractivity contribution < 1.29 is 8.42 Å². The van der Waals surface area contributed by atoms with E-state index in [0.29, 0.717) is 12.3 Å². The van der Waals surface area contributed by atoms with E-state index in [9.17, 15) is 8.42 Å². The van der Waals surface area contributed by atoms with Gasteiger partial charge in [0.1, 0.15) is 0 Å². The van der Waals surface area contributed by atoms with Crippen LogP contribution in [-0.2, 0) is 10.0 Å². The highest BCUT2D eigenvalue weighted by atomic mass is 32.2. The van der Waals surface area contributed by atoms with Crippen molar-refractivity contribution in [3.63, 3.8) is 0 Å². The standard InChI is InChI=1S/C15H30N2O2S/c1-3-7-16-8-4-9-20(18,19)17(2)12-15-11-13-5-6-14(15)10-13/h13-16H,3-12H2,1-2H3. The van der Waals surface area contributed by atoms with Gasteiger partial charge in [-0.15, -0.1) is 0 Å². The van der Waals surface area contributed by atoms with Crippen LogP contribution in [0.5, 0.6) is 0 Å². The van der Waals surface area contributed by atoms with Crippen molar-refractivity contribution in [1.29, 1.82) is 0 Å². The van der Waals surface area contributed by atoms with E-state index in [0.717, 1.165) is 37.9 Å². The number of nitrogens with one attached hydrogen (secondary N) is 1. The highest BCUT2D eigenvalue weighted by Gasteiger charge is 2.40. The molecule has 0 heterocycles. The maximum atomic E-state index is 12.3. The zero-order valence-corrected chi connectivity index (χ0v) is 13.8. The van der Waals surface area contributed by atoms with Gasteiger partial charge in [-0.1, -0.05) is 13.3 Å². The molecule has 0 radical (unpaired) electrons. The van der Waals surface area contributed by atoms with E-state index in [1.165, 1.54) is 25.7 Å². The van der Waals surface area contributed by atoms with Crippen molar-refractivity contribution in [1.82, 2.24) is 9.62 Å². The van der Waals surface area contributed by atoms with Gasteiger partial charge in [0.2, 0.25) is 10.0 Å². The van der Waals surface area contributed by atoms with Crippen molar-refractivity contribution in [3.8, 4) is 0 Å². The molecule has 2 bridgehead atoms. The van der Waals surface area contributed by atoms with Gasteiger partial charge in [-0.05, 0) is 62.9 Å². The Hall–Kier alpha value is -0.130. The third-order valence-corrected chi connectivity index (χ3v) is 6.94. The normalized spacial score (nSPS) is 29.4. The van der Waals surface area contributed by atoms with E-state index in [2.05, 4.69) is 12.2 Å². The van der Waals surface area contributed by atoms with Gasteiger partial charge in [0.15, 0.2) is 0 Å². The summed E-state index contributed by atoms with van der Waals surface area (Å²) >= 11 is 0. The summed E-state index contributed by atoms with van der Waals surface area (Å²) in [5.41, 5.74) is 0. The average molecular weight is 302 g/mol. The summed E-state index contributed by atoms with van der Waals surface area (Å²) in [7, 11) is -1.29.